The van der Waals surface area contributed by atoms with Crippen molar-refractivity contribution in [3.63, 3.8) is 0 Å². The number of anilines is 2. The van der Waals surface area contributed by atoms with Gasteiger partial charge in [0.1, 0.15) is 12.1 Å². The number of nitrogens with one attached hydrogen (secondary N) is 2. The van der Waals surface area contributed by atoms with Gasteiger partial charge in [-0.25, -0.2) is 4.79 Å². The number of nitrogens with zero attached hydrogens (tertiary/aromatic N) is 2. The van der Waals surface area contributed by atoms with Gasteiger partial charge in [0.2, 0.25) is 5.91 Å². The molecule has 2 heterocycles. The second-order valence-corrected chi connectivity index (χ2v) is 7.55. The number of rotatable bonds is 7. The van der Waals surface area contributed by atoms with Crippen molar-refractivity contribution in [2.75, 3.05) is 29.9 Å². The summed E-state index contributed by atoms with van der Waals surface area (Å²) in [5.74, 6) is -0.715. The number of hydrogen-bond donors (Lipinski definition) is 2. The summed E-state index contributed by atoms with van der Waals surface area (Å²) in [6.07, 6.45) is 4.77. The Bertz CT molecular complexity index is 712. The molecule has 0 spiro atoms. The number of carbonyl (C=O) groups excluding carboxylic acids is 3. The van der Waals surface area contributed by atoms with Crippen LogP contribution < -0.4 is 15.5 Å². The van der Waals surface area contributed by atoms with Crippen molar-refractivity contribution in [3.05, 3.63) is 24.3 Å². The molecule has 0 saturated carbocycles. The highest BCUT2D eigenvalue weighted by molar-refractivity contribution is 6.09. The summed E-state index contributed by atoms with van der Waals surface area (Å²) < 4.78 is 0. The smallest absolute Gasteiger partial charge is 0.325 e. The first-order valence-electron chi connectivity index (χ1n) is 9.72. The molecule has 7 heteroatoms. The lowest BCUT2D eigenvalue weighted by atomic mass is 9.95. The second-order valence-electron chi connectivity index (χ2n) is 7.55. The maximum absolute atomic E-state index is 12.6. The average molecular weight is 372 g/mol. The molecule has 0 unspecified atom stereocenters. The van der Waals surface area contributed by atoms with E-state index in [9.17, 15) is 14.4 Å². The predicted molar refractivity (Wildman–Crippen MR) is 105 cm³/mol. The third kappa shape index (κ3) is 4.23. The minimum Gasteiger partial charge on any atom is -0.372 e. The highest BCUT2D eigenvalue weighted by Gasteiger charge is 2.47. The number of hydrogen-bond acceptors (Lipinski definition) is 4. The van der Waals surface area contributed by atoms with E-state index in [0.29, 0.717) is 12.1 Å². The Labute approximate surface area is 160 Å². The van der Waals surface area contributed by atoms with Crippen LogP contribution >= 0.6 is 0 Å². The molecule has 146 valence electrons. The van der Waals surface area contributed by atoms with E-state index >= 15 is 0 Å². The van der Waals surface area contributed by atoms with E-state index < -0.39 is 11.6 Å². The molecule has 0 aromatic heterocycles. The molecule has 7 nitrogen and oxygen atoms in total. The molecule has 27 heavy (non-hydrogen) atoms. The van der Waals surface area contributed by atoms with Gasteiger partial charge in [-0.05, 0) is 50.5 Å². The normalized spacial score (nSPS) is 22.3. The molecule has 1 aromatic rings. The Morgan fingerprint density at radius 3 is 2.48 bits per heavy atom. The molecule has 4 amide bonds. The van der Waals surface area contributed by atoms with Crippen LogP contribution in [0.25, 0.3) is 0 Å². The van der Waals surface area contributed by atoms with Gasteiger partial charge in [0, 0.05) is 24.5 Å². The Hall–Kier alpha value is -2.57. The fourth-order valence-electron chi connectivity index (χ4n) is 3.67. The number of imide groups is 1. The molecular formula is C20H28N4O3. The van der Waals surface area contributed by atoms with Crippen LogP contribution in [0.2, 0.25) is 0 Å². The van der Waals surface area contributed by atoms with Gasteiger partial charge in [-0.2, -0.15) is 0 Å². The lowest BCUT2D eigenvalue weighted by Gasteiger charge is -2.21. The summed E-state index contributed by atoms with van der Waals surface area (Å²) in [5.41, 5.74) is 0.889. The largest absolute Gasteiger partial charge is 0.372 e. The third-order valence-electron chi connectivity index (χ3n) is 5.30. The van der Waals surface area contributed by atoms with Gasteiger partial charge in [0.05, 0.1) is 0 Å². The van der Waals surface area contributed by atoms with Gasteiger partial charge < -0.3 is 15.5 Å². The fraction of sp³-hybridized carbons (Fsp3) is 0.550. The Morgan fingerprint density at radius 1 is 1.19 bits per heavy atom. The number of amides is 4. The lowest BCUT2D eigenvalue weighted by molar-refractivity contribution is -0.133. The van der Waals surface area contributed by atoms with Crippen molar-refractivity contribution < 1.29 is 14.4 Å². The molecule has 1 atom stereocenters. The van der Waals surface area contributed by atoms with E-state index in [4.69, 9.17) is 0 Å². The lowest BCUT2D eigenvalue weighted by Crippen LogP contribution is -2.44. The standard InChI is InChI=1S/C20H28N4O3/c1-3-4-11-20(2)18(26)24(19(27)22-20)14-17(25)21-15-7-9-16(10-8-15)23-12-5-6-13-23/h7-10H,3-6,11-14H2,1-2H3,(H,21,25)(H,22,27)/t20-/m1/s1. The Kier molecular flexibility index (Phi) is 5.68. The molecule has 0 aliphatic carbocycles. The van der Waals surface area contributed by atoms with Crippen LogP contribution in [0.15, 0.2) is 24.3 Å². The average Bonchev–Trinajstić information content (AvgIpc) is 3.25. The zero-order valence-electron chi connectivity index (χ0n) is 16.1. The van der Waals surface area contributed by atoms with Crippen molar-refractivity contribution in [2.24, 2.45) is 0 Å². The van der Waals surface area contributed by atoms with E-state index in [0.717, 1.165) is 36.5 Å². The third-order valence-corrected chi connectivity index (χ3v) is 5.30. The highest BCUT2D eigenvalue weighted by Crippen LogP contribution is 2.24. The van der Waals surface area contributed by atoms with Crippen molar-refractivity contribution in [1.82, 2.24) is 10.2 Å². The summed E-state index contributed by atoms with van der Waals surface area (Å²) in [6.45, 7) is 5.60. The molecule has 2 N–H and O–H groups in total. The van der Waals surface area contributed by atoms with Crippen LogP contribution in [0.4, 0.5) is 16.2 Å². The molecule has 2 aliphatic heterocycles. The van der Waals surface area contributed by atoms with E-state index in [2.05, 4.69) is 15.5 Å². The van der Waals surface area contributed by atoms with Gasteiger partial charge in [-0.3, -0.25) is 14.5 Å². The number of urea groups is 1. The van der Waals surface area contributed by atoms with E-state index in [1.54, 1.807) is 6.92 Å². The quantitative estimate of drug-likeness (QED) is 0.721. The topological polar surface area (TPSA) is 81.8 Å². The van der Waals surface area contributed by atoms with Crippen LogP contribution in [0, 0.1) is 0 Å². The minimum absolute atomic E-state index is 0.278. The Balaban J connectivity index is 1.57. The predicted octanol–water partition coefficient (Wildman–Crippen LogP) is 2.73. The molecular weight excluding hydrogens is 344 g/mol. The first kappa shape index (κ1) is 19.2. The van der Waals surface area contributed by atoms with Crippen molar-refractivity contribution in [1.29, 1.82) is 0 Å². The first-order valence-corrected chi connectivity index (χ1v) is 9.72. The maximum Gasteiger partial charge on any atom is 0.325 e. The van der Waals surface area contributed by atoms with Gasteiger partial charge in [0.15, 0.2) is 0 Å². The van der Waals surface area contributed by atoms with Crippen molar-refractivity contribution in [3.8, 4) is 0 Å². The minimum atomic E-state index is -0.912. The zero-order valence-corrected chi connectivity index (χ0v) is 16.1. The van der Waals surface area contributed by atoms with Crippen molar-refractivity contribution >= 4 is 29.2 Å². The summed E-state index contributed by atoms with van der Waals surface area (Å²) in [6, 6.07) is 7.16. The van der Waals surface area contributed by atoms with E-state index in [-0.39, 0.29) is 18.4 Å². The molecule has 3 rings (SSSR count). The van der Waals surface area contributed by atoms with Gasteiger partial charge >= 0.3 is 6.03 Å². The summed E-state index contributed by atoms with van der Waals surface area (Å²) in [7, 11) is 0. The summed E-state index contributed by atoms with van der Waals surface area (Å²) in [4.78, 5) is 40.4. The molecule has 2 saturated heterocycles. The maximum atomic E-state index is 12.6. The van der Waals surface area contributed by atoms with Gasteiger partial charge in [0.25, 0.3) is 5.91 Å². The van der Waals surface area contributed by atoms with Crippen LogP contribution in [0.3, 0.4) is 0 Å². The van der Waals surface area contributed by atoms with Gasteiger partial charge in [-0.15, -0.1) is 0 Å². The summed E-state index contributed by atoms with van der Waals surface area (Å²) >= 11 is 0. The molecule has 2 fully saturated rings. The zero-order chi connectivity index (χ0) is 19.4. The summed E-state index contributed by atoms with van der Waals surface area (Å²) in [5, 5.41) is 5.49. The van der Waals surface area contributed by atoms with E-state index in [1.165, 1.54) is 12.8 Å². The van der Waals surface area contributed by atoms with Crippen LogP contribution in [-0.2, 0) is 9.59 Å². The van der Waals surface area contributed by atoms with E-state index in [1.807, 2.05) is 31.2 Å². The molecule has 0 radical (unpaired) electrons. The number of benzene rings is 1. The van der Waals surface area contributed by atoms with Gasteiger partial charge in [-0.1, -0.05) is 19.8 Å². The first-order chi connectivity index (χ1) is 12.9. The SMILES string of the molecule is CCCC[C@@]1(C)NC(=O)N(CC(=O)Nc2ccc(N3CCCC3)cc2)C1=O. The number of carbonyl (C=O) groups is 3. The van der Waals surface area contributed by atoms with Crippen molar-refractivity contribution in [2.45, 2.75) is 51.5 Å². The van der Waals surface area contributed by atoms with Crippen LogP contribution in [0.1, 0.15) is 46.0 Å². The molecule has 2 aliphatic rings. The Morgan fingerprint density at radius 2 is 1.85 bits per heavy atom. The molecule has 1 aromatic carbocycles. The van der Waals surface area contributed by atoms with Crippen LogP contribution in [-0.4, -0.2) is 47.9 Å². The fourth-order valence-corrected chi connectivity index (χ4v) is 3.67. The van der Waals surface area contributed by atoms with Crippen LogP contribution in [0.5, 0.6) is 0 Å². The number of unbranched alkanes of at least 4 members (excludes halogenated alkanes) is 1. The highest BCUT2D eigenvalue weighted by atomic mass is 16.2. The second kappa shape index (κ2) is 7.98. The monoisotopic (exact) mass is 372 g/mol. The molecule has 0 bridgehead atoms.